The number of methoxy groups -OCH3 is 1. The van der Waals surface area contributed by atoms with Crippen LogP contribution in [0.4, 0.5) is 0 Å². The Kier molecular flexibility index (Phi) is 6.05. The van der Waals surface area contributed by atoms with Gasteiger partial charge in [-0.1, -0.05) is 18.2 Å². The molecule has 116 valence electrons. The van der Waals surface area contributed by atoms with E-state index in [1.165, 1.54) is 5.56 Å². The van der Waals surface area contributed by atoms with Crippen LogP contribution in [0, 0.1) is 0 Å². The Labute approximate surface area is 127 Å². The molecule has 1 aromatic rings. The van der Waals surface area contributed by atoms with E-state index in [9.17, 15) is 4.79 Å². The molecule has 0 saturated heterocycles. The van der Waals surface area contributed by atoms with Gasteiger partial charge in [-0.25, -0.2) is 0 Å². The maximum Gasteiger partial charge on any atom is 0.220 e. The Balaban J connectivity index is 1.62. The zero-order valence-corrected chi connectivity index (χ0v) is 13.0. The highest BCUT2D eigenvalue weighted by Crippen LogP contribution is 2.19. The first kappa shape index (κ1) is 15.8. The Morgan fingerprint density at radius 3 is 2.86 bits per heavy atom. The van der Waals surface area contributed by atoms with E-state index in [2.05, 4.69) is 23.6 Å². The van der Waals surface area contributed by atoms with Gasteiger partial charge in [0.1, 0.15) is 5.75 Å². The van der Waals surface area contributed by atoms with E-state index < -0.39 is 0 Å². The van der Waals surface area contributed by atoms with Crippen molar-refractivity contribution in [3.63, 3.8) is 0 Å². The maximum atomic E-state index is 11.6. The van der Waals surface area contributed by atoms with Gasteiger partial charge in [-0.2, -0.15) is 0 Å². The van der Waals surface area contributed by atoms with E-state index in [-0.39, 0.29) is 5.91 Å². The topological polar surface area (TPSA) is 50.4 Å². The number of hydrogen-bond donors (Lipinski definition) is 2. The van der Waals surface area contributed by atoms with Crippen molar-refractivity contribution in [1.82, 2.24) is 10.6 Å². The average molecular weight is 290 g/mol. The fraction of sp³-hybridized carbons (Fsp3) is 0.588. The molecule has 0 aromatic heterocycles. The molecule has 1 aromatic carbocycles. The number of nitrogens with one attached hydrogen (secondary N) is 2. The lowest BCUT2D eigenvalue weighted by Gasteiger charge is -2.15. The molecule has 0 bridgehead atoms. The number of amides is 1. The zero-order valence-electron chi connectivity index (χ0n) is 13.0. The van der Waals surface area contributed by atoms with Crippen LogP contribution in [0.3, 0.4) is 0 Å². The van der Waals surface area contributed by atoms with Gasteiger partial charge in [-0.05, 0) is 50.8 Å². The maximum absolute atomic E-state index is 11.6. The van der Waals surface area contributed by atoms with Crippen molar-refractivity contribution in [2.24, 2.45) is 0 Å². The summed E-state index contributed by atoms with van der Waals surface area (Å²) in [6, 6.07) is 8.94. The summed E-state index contributed by atoms with van der Waals surface area (Å²) in [5, 5.41) is 6.48. The van der Waals surface area contributed by atoms with Gasteiger partial charge >= 0.3 is 0 Å². The number of carbonyl (C=O) groups is 1. The van der Waals surface area contributed by atoms with Gasteiger partial charge in [0.05, 0.1) is 7.11 Å². The summed E-state index contributed by atoms with van der Waals surface area (Å²) in [5.41, 5.74) is 1.21. The Bertz CT molecular complexity index is 458. The van der Waals surface area contributed by atoms with Crippen LogP contribution in [0.1, 0.15) is 38.2 Å². The summed E-state index contributed by atoms with van der Waals surface area (Å²) >= 11 is 0. The fourth-order valence-electron chi connectivity index (χ4n) is 2.40. The molecule has 1 unspecified atom stereocenters. The van der Waals surface area contributed by atoms with Crippen LogP contribution in [0.25, 0.3) is 0 Å². The van der Waals surface area contributed by atoms with Crippen molar-refractivity contribution >= 4 is 5.91 Å². The molecule has 0 spiro atoms. The van der Waals surface area contributed by atoms with Crippen molar-refractivity contribution in [3.8, 4) is 5.75 Å². The number of hydrogen-bond acceptors (Lipinski definition) is 3. The van der Waals surface area contributed by atoms with Crippen molar-refractivity contribution in [3.05, 3.63) is 29.8 Å². The standard InChI is InChI=1S/C17H26N2O2/c1-13(12-14-6-3-4-7-16(14)21-2)18-11-5-8-17(20)19-15-9-10-15/h3-4,6-7,13,15,18H,5,8-12H2,1-2H3,(H,19,20). The van der Waals surface area contributed by atoms with Crippen molar-refractivity contribution < 1.29 is 9.53 Å². The molecular weight excluding hydrogens is 264 g/mol. The quantitative estimate of drug-likeness (QED) is 0.686. The second-order valence-electron chi connectivity index (χ2n) is 5.82. The van der Waals surface area contributed by atoms with E-state index in [1.807, 2.05) is 18.2 Å². The first-order chi connectivity index (χ1) is 10.2. The molecular formula is C17H26N2O2. The zero-order chi connectivity index (χ0) is 15.1. The van der Waals surface area contributed by atoms with Crippen LogP contribution in [0.5, 0.6) is 5.75 Å². The third-order valence-electron chi connectivity index (χ3n) is 3.73. The molecule has 4 nitrogen and oxygen atoms in total. The average Bonchev–Trinajstić information content (AvgIpc) is 3.28. The third-order valence-corrected chi connectivity index (χ3v) is 3.73. The van der Waals surface area contributed by atoms with Crippen LogP contribution in [-0.2, 0) is 11.2 Å². The summed E-state index contributed by atoms with van der Waals surface area (Å²) in [7, 11) is 1.70. The first-order valence-corrected chi connectivity index (χ1v) is 7.83. The molecule has 1 fully saturated rings. The first-order valence-electron chi connectivity index (χ1n) is 7.83. The molecule has 21 heavy (non-hydrogen) atoms. The fourth-order valence-corrected chi connectivity index (χ4v) is 2.40. The van der Waals surface area contributed by atoms with Crippen LogP contribution >= 0.6 is 0 Å². The molecule has 2 rings (SSSR count). The van der Waals surface area contributed by atoms with Gasteiger partial charge in [0.2, 0.25) is 5.91 Å². The van der Waals surface area contributed by atoms with E-state index >= 15 is 0 Å². The minimum Gasteiger partial charge on any atom is -0.496 e. The van der Waals surface area contributed by atoms with E-state index in [1.54, 1.807) is 7.11 Å². The lowest BCUT2D eigenvalue weighted by atomic mass is 10.1. The number of benzene rings is 1. The summed E-state index contributed by atoms with van der Waals surface area (Å²) in [6.45, 7) is 3.03. The highest BCUT2D eigenvalue weighted by Gasteiger charge is 2.22. The van der Waals surface area contributed by atoms with Crippen molar-refractivity contribution in [1.29, 1.82) is 0 Å². The van der Waals surface area contributed by atoms with Crippen molar-refractivity contribution in [2.75, 3.05) is 13.7 Å². The molecule has 1 atom stereocenters. The monoisotopic (exact) mass is 290 g/mol. The number of ether oxygens (including phenoxy) is 1. The van der Waals surface area contributed by atoms with Crippen LogP contribution < -0.4 is 15.4 Å². The van der Waals surface area contributed by atoms with Gasteiger partial charge < -0.3 is 15.4 Å². The lowest BCUT2D eigenvalue weighted by Crippen LogP contribution is -2.31. The largest absolute Gasteiger partial charge is 0.496 e. The SMILES string of the molecule is COc1ccccc1CC(C)NCCCC(=O)NC1CC1. The van der Waals surface area contributed by atoms with E-state index in [0.717, 1.165) is 38.0 Å². The normalized spacial score (nSPS) is 15.5. The second kappa shape index (κ2) is 8.03. The molecule has 0 aliphatic heterocycles. The smallest absolute Gasteiger partial charge is 0.220 e. The molecule has 2 N–H and O–H groups in total. The summed E-state index contributed by atoms with van der Waals surface area (Å²) < 4.78 is 5.37. The molecule has 1 aliphatic carbocycles. The van der Waals surface area contributed by atoms with Gasteiger partial charge in [-0.3, -0.25) is 4.79 Å². The Hall–Kier alpha value is -1.55. The van der Waals surface area contributed by atoms with Gasteiger partial charge in [-0.15, -0.1) is 0 Å². The van der Waals surface area contributed by atoms with Crippen molar-refractivity contribution in [2.45, 2.75) is 51.1 Å². The van der Waals surface area contributed by atoms with Crippen LogP contribution in [0.2, 0.25) is 0 Å². The molecule has 1 amide bonds. The summed E-state index contributed by atoms with van der Waals surface area (Å²) in [5.74, 6) is 1.13. The lowest BCUT2D eigenvalue weighted by molar-refractivity contribution is -0.121. The molecule has 0 heterocycles. The van der Waals surface area contributed by atoms with Gasteiger partial charge in [0.15, 0.2) is 0 Å². The summed E-state index contributed by atoms with van der Waals surface area (Å²) in [6.07, 6.45) is 4.73. The summed E-state index contributed by atoms with van der Waals surface area (Å²) in [4.78, 5) is 11.6. The van der Waals surface area contributed by atoms with Crippen LogP contribution in [0.15, 0.2) is 24.3 Å². The second-order valence-corrected chi connectivity index (χ2v) is 5.82. The highest BCUT2D eigenvalue weighted by molar-refractivity contribution is 5.76. The van der Waals surface area contributed by atoms with Crippen LogP contribution in [-0.4, -0.2) is 31.6 Å². The Morgan fingerprint density at radius 2 is 2.14 bits per heavy atom. The number of para-hydroxylation sites is 1. The highest BCUT2D eigenvalue weighted by atomic mass is 16.5. The van der Waals surface area contributed by atoms with Gasteiger partial charge in [0.25, 0.3) is 0 Å². The molecule has 1 saturated carbocycles. The van der Waals surface area contributed by atoms with E-state index in [4.69, 9.17) is 4.74 Å². The molecule has 1 aliphatic rings. The minimum atomic E-state index is 0.191. The predicted octanol–water partition coefficient (Wildman–Crippen LogP) is 2.27. The third kappa shape index (κ3) is 5.76. The number of rotatable bonds is 9. The minimum absolute atomic E-state index is 0.191. The Morgan fingerprint density at radius 1 is 1.38 bits per heavy atom. The van der Waals surface area contributed by atoms with E-state index in [0.29, 0.717) is 18.5 Å². The predicted molar refractivity (Wildman–Crippen MR) is 84.6 cm³/mol. The van der Waals surface area contributed by atoms with Gasteiger partial charge in [0, 0.05) is 18.5 Å². The molecule has 4 heteroatoms. The number of carbonyl (C=O) groups excluding carboxylic acids is 1. The molecule has 0 radical (unpaired) electrons.